The zero-order valence-electron chi connectivity index (χ0n) is 19.7. The molecule has 2 aliphatic heterocycles. The second-order valence-corrected chi connectivity index (χ2v) is 10.4. The topological polar surface area (TPSA) is 67.2 Å². The Labute approximate surface area is 210 Å². The molecule has 5 rings (SSSR count). The van der Waals surface area contributed by atoms with E-state index in [0.29, 0.717) is 45.4 Å². The summed E-state index contributed by atoms with van der Waals surface area (Å²) >= 11 is 12.5. The standard InChI is InChI=1S/C25H30Cl2N6O/c1-16-14-32(11-8-21(16)31-9-4-3-5-10-31)22-13-28-24-23(17(2)34)30-33(25(24)29-22)15-18-6-7-19(26)12-20(18)27/h6-7,12-13,16,21H,3-5,8-11,14-15H2,1-2H3. The number of Topliss-reactive ketones (excluding diaryl/α,β-unsaturated/α-hetero) is 1. The predicted octanol–water partition coefficient (Wildman–Crippen LogP) is 5.08. The molecule has 2 saturated heterocycles. The minimum Gasteiger partial charge on any atom is -0.355 e. The van der Waals surface area contributed by atoms with E-state index in [2.05, 4.69) is 26.8 Å². The van der Waals surface area contributed by atoms with E-state index in [-0.39, 0.29) is 5.78 Å². The summed E-state index contributed by atoms with van der Waals surface area (Å²) in [7, 11) is 0. The van der Waals surface area contributed by atoms with Gasteiger partial charge in [0.05, 0.1) is 12.7 Å². The predicted molar refractivity (Wildman–Crippen MR) is 136 cm³/mol. The largest absolute Gasteiger partial charge is 0.355 e. The highest BCUT2D eigenvalue weighted by atomic mass is 35.5. The van der Waals surface area contributed by atoms with Crippen molar-refractivity contribution in [1.29, 1.82) is 0 Å². The smallest absolute Gasteiger partial charge is 0.182 e. The average Bonchev–Trinajstić information content (AvgIpc) is 3.19. The maximum absolute atomic E-state index is 12.3. The Hall–Kier alpha value is -2.22. The number of anilines is 1. The Bertz CT molecular complexity index is 1210. The van der Waals surface area contributed by atoms with Crippen LogP contribution in [-0.2, 0) is 6.54 Å². The van der Waals surface area contributed by atoms with Crippen molar-refractivity contribution in [2.24, 2.45) is 5.92 Å². The zero-order valence-corrected chi connectivity index (χ0v) is 21.2. The number of halogens is 2. The third kappa shape index (κ3) is 4.66. The molecule has 2 aliphatic rings. The Morgan fingerprint density at radius 2 is 1.94 bits per heavy atom. The summed E-state index contributed by atoms with van der Waals surface area (Å²) in [6.45, 7) is 8.57. The van der Waals surface area contributed by atoms with Gasteiger partial charge in [-0.05, 0) is 56.0 Å². The SMILES string of the molecule is CC(=O)c1nn(Cc2ccc(Cl)cc2Cl)c2nc(N3CCC(N4CCCCC4)C(C)C3)cnc12. The molecule has 2 fully saturated rings. The maximum Gasteiger partial charge on any atom is 0.182 e. The number of carbonyl (C=O) groups excluding carboxylic acids is 1. The highest BCUT2D eigenvalue weighted by Gasteiger charge is 2.32. The lowest BCUT2D eigenvalue weighted by Gasteiger charge is -2.44. The number of likely N-dealkylation sites (tertiary alicyclic amines) is 1. The minimum absolute atomic E-state index is 0.135. The van der Waals surface area contributed by atoms with Gasteiger partial charge in [0.1, 0.15) is 11.3 Å². The second kappa shape index (κ2) is 9.80. The average molecular weight is 501 g/mol. The fourth-order valence-corrected chi connectivity index (χ4v) is 5.85. The van der Waals surface area contributed by atoms with Gasteiger partial charge in [-0.25, -0.2) is 14.6 Å². The molecule has 9 heteroatoms. The molecule has 0 N–H and O–H groups in total. The van der Waals surface area contributed by atoms with E-state index in [9.17, 15) is 4.79 Å². The van der Waals surface area contributed by atoms with E-state index in [1.54, 1.807) is 23.0 Å². The van der Waals surface area contributed by atoms with Crippen molar-refractivity contribution in [3.8, 4) is 0 Å². The summed E-state index contributed by atoms with van der Waals surface area (Å²) in [4.78, 5) is 26.8. The van der Waals surface area contributed by atoms with E-state index in [1.165, 1.54) is 39.3 Å². The van der Waals surface area contributed by atoms with Gasteiger partial charge in [-0.15, -0.1) is 0 Å². The first-order valence-electron chi connectivity index (χ1n) is 12.1. The number of fused-ring (bicyclic) bond motifs is 1. The molecule has 0 amide bonds. The molecule has 0 bridgehead atoms. The van der Waals surface area contributed by atoms with Crippen molar-refractivity contribution in [2.75, 3.05) is 31.1 Å². The number of ketones is 1. The Balaban J connectivity index is 1.43. The van der Waals surface area contributed by atoms with Crippen LogP contribution in [0.3, 0.4) is 0 Å². The summed E-state index contributed by atoms with van der Waals surface area (Å²) in [5.74, 6) is 1.24. The van der Waals surface area contributed by atoms with Crippen LogP contribution in [0.25, 0.3) is 11.2 Å². The van der Waals surface area contributed by atoms with E-state index in [0.717, 1.165) is 30.9 Å². The number of aromatic nitrogens is 4. The van der Waals surface area contributed by atoms with Gasteiger partial charge in [-0.2, -0.15) is 5.10 Å². The van der Waals surface area contributed by atoms with Crippen molar-refractivity contribution < 1.29 is 4.79 Å². The molecular formula is C25H30Cl2N6O. The van der Waals surface area contributed by atoms with Gasteiger partial charge in [-0.1, -0.05) is 42.6 Å². The molecule has 0 saturated carbocycles. The lowest BCUT2D eigenvalue weighted by Crippen LogP contribution is -2.51. The molecule has 1 aromatic carbocycles. The number of rotatable bonds is 5. The molecule has 2 unspecified atom stereocenters. The van der Waals surface area contributed by atoms with Crippen molar-refractivity contribution in [3.05, 3.63) is 45.7 Å². The van der Waals surface area contributed by atoms with Crippen LogP contribution >= 0.6 is 23.2 Å². The third-order valence-electron chi connectivity index (χ3n) is 7.14. The molecule has 0 spiro atoms. The van der Waals surface area contributed by atoms with Gasteiger partial charge >= 0.3 is 0 Å². The molecule has 0 aliphatic carbocycles. The highest BCUT2D eigenvalue weighted by molar-refractivity contribution is 6.35. The number of piperidine rings is 2. The molecule has 34 heavy (non-hydrogen) atoms. The van der Waals surface area contributed by atoms with Crippen molar-refractivity contribution in [3.63, 3.8) is 0 Å². The first kappa shape index (κ1) is 23.5. The van der Waals surface area contributed by atoms with Gasteiger partial charge in [0.15, 0.2) is 17.1 Å². The first-order valence-corrected chi connectivity index (χ1v) is 12.8. The van der Waals surface area contributed by atoms with Crippen LogP contribution in [0.1, 0.15) is 55.6 Å². The molecule has 7 nitrogen and oxygen atoms in total. The Morgan fingerprint density at radius 3 is 2.65 bits per heavy atom. The van der Waals surface area contributed by atoms with Gasteiger partial charge in [0.25, 0.3) is 0 Å². The summed E-state index contributed by atoms with van der Waals surface area (Å²) in [6, 6.07) is 6.01. The fourth-order valence-electron chi connectivity index (χ4n) is 5.38. The molecule has 4 heterocycles. The minimum atomic E-state index is -0.135. The summed E-state index contributed by atoms with van der Waals surface area (Å²) < 4.78 is 1.72. The van der Waals surface area contributed by atoms with Crippen LogP contribution < -0.4 is 4.90 Å². The summed E-state index contributed by atoms with van der Waals surface area (Å²) in [6.07, 6.45) is 6.89. The number of nitrogens with zero attached hydrogens (tertiary/aromatic N) is 6. The number of hydrogen-bond donors (Lipinski definition) is 0. The maximum atomic E-state index is 12.3. The van der Waals surface area contributed by atoms with E-state index >= 15 is 0 Å². The van der Waals surface area contributed by atoms with Crippen molar-refractivity contribution in [2.45, 2.75) is 52.1 Å². The highest BCUT2D eigenvalue weighted by Crippen LogP contribution is 2.29. The van der Waals surface area contributed by atoms with Crippen LogP contribution in [0.15, 0.2) is 24.4 Å². The second-order valence-electron chi connectivity index (χ2n) is 9.57. The van der Waals surface area contributed by atoms with Crippen LogP contribution in [0.5, 0.6) is 0 Å². The molecule has 180 valence electrons. The Kier molecular flexibility index (Phi) is 6.78. The first-order chi connectivity index (χ1) is 16.4. The lowest BCUT2D eigenvalue weighted by molar-refractivity contribution is 0.101. The summed E-state index contributed by atoms with van der Waals surface area (Å²) in [5.41, 5.74) is 2.31. The monoisotopic (exact) mass is 500 g/mol. The molecule has 3 aromatic rings. The van der Waals surface area contributed by atoms with E-state index in [4.69, 9.17) is 28.2 Å². The molecule has 0 radical (unpaired) electrons. The van der Waals surface area contributed by atoms with Gasteiger partial charge in [-0.3, -0.25) is 9.69 Å². The number of carbonyl (C=O) groups is 1. The molecule has 2 atom stereocenters. The fraction of sp³-hybridized carbons (Fsp3) is 0.520. The number of benzene rings is 1. The quantitative estimate of drug-likeness (QED) is 0.454. The lowest BCUT2D eigenvalue weighted by atomic mass is 9.91. The van der Waals surface area contributed by atoms with E-state index in [1.807, 2.05) is 6.07 Å². The van der Waals surface area contributed by atoms with Crippen LogP contribution in [0.2, 0.25) is 10.0 Å². The van der Waals surface area contributed by atoms with E-state index < -0.39 is 0 Å². The normalized spacial score (nSPS) is 21.8. The van der Waals surface area contributed by atoms with Crippen LogP contribution in [0.4, 0.5) is 5.82 Å². The zero-order chi connectivity index (χ0) is 23.8. The third-order valence-corrected chi connectivity index (χ3v) is 7.73. The Morgan fingerprint density at radius 1 is 1.15 bits per heavy atom. The van der Waals surface area contributed by atoms with Gasteiger partial charge in [0, 0.05) is 36.1 Å². The molecule has 2 aromatic heterocycles. The van der Waals surface area contributed by atoms with Crippen LogP contribution in [-0.4, -0.2) is 62.7 Å². The van der Waals surface area contributed by atoms with Crippen molar-refractivity contribution in [1.82, 2.24) is 24.6 Å². The van der Waals surface area contributed by atoms with Crippen molar-refractivity contribution >= 4 is 46.0 Å². The van der Waals surface area contributed by atoms with Gasteiger partial charge < -0.3 is 4.90 Å². The molecular weight excluding hydrogens is 471 g/mol. The van der Waals surface area contributed by atoms with Crippen LogP contribution in [0, 0.1) is 5.92 Å². The van der Waals surface area contributed by atoms with Gasteiger partial charge in [0.2, 0.25) is 0 Å². The number of hydrogen-bond acceptors (Lipinski definition) is 6. The summed E-state index contributed by atoms with van der Waals surface area (Å²) in [5, 5.41) is 5.68.